The summed E-state index contributed by atoms with van der Waals surface area (Å²) in [6.45, 7) is 1.60. The summed E-state index contributed by atoms with van der Waals surface area (Å²) in [5.41, 5.74) is -1.75. The predicted molar refractivity (Wildman–Crippen MR) is 122 cm³/mol. The van der Waals surface area contributed by atoms with Crippen LogP contribution in [0.5, 0.6) is 5.75 Å². The zero-order valence-corrected chi connectivity index (χ0v) is 20.6. The van der Waals surface area contributed by atoms with Crippen LogP contribution in [0.15, 0.2) is 53.6 Å². The van der Waals surface area contributed by atoms with E-state index in [2.05, 4.69) is 9.71 Å². The fourth-order valence-electron chi connectivity index (χ4n) is 3.33. The highest BCUT2D eigenvalue weighted by molar-refractivity contribution is 7.89. The summed E-state index contributed by atoms with van der Waals surface area (Å²) >= 11 is 5.58. The summed E-state index contributed by atoms with van der Waals surface area (Å²) in [5.74, 6) is -1.90. The third kappa shape index (κ3) is 5.67. The van der Waals surface area contributed by atoms with E-state index in [0.717, 1.165) is 25.3 Å². The number of nitrogens with one attached hydrogen (secondary N) is 1. The Hall–Kier alpha value is -3.06. The van der Waals surface area contributed by atoms with Crippen molar-refractivity contribution in [1.29, 1.82) is 0 Å². The van der Waals surface area contributed by atoms with Crippen LogP contribution in [0.25, 0.3) is 0 Å². The second-order valence-corrected chi connectivity index (χ2v) is 9.59. The normalized spacial score (nSPS) is 12.9. The smallest absolute Gasteiger partial charge is 0.417 e. The number of aryl methyl sites for hydroxylation is 1. The Morgan fingerprint density at radius 3 is 2.44 bits per heavy atom. The third-order valence-corrected chi connectivity index (χ3v) is 6.75. The lowest BCUT2D eigenvalue weighted by Gasteiger charge is -2.21. The molecular formula is C23H19ClF4N2O5S. The summed E-state index contributed by atoms with van der Waals surface area (Å²) in [5, 5.41) is -0.681. The van der Waals surface area contributed by atoms with E-state index in [1.165, 1.54) is 31.5 Å². The Labute approximate surface area is 209 Å². The fourth-order valence-corrected chi connectivity index (χ4v) is 4.72. The van der Waals surface area contributed by atoms with Gasteiger partial charge in [0.25, 0.3) is 0 Å². The highest BCUT2D eigenvalue weighted by Crippen LogP contribution is 2.36. The Balaban J connectivity index is 2.08. The van der Waals surface area contributed by atoms with E-state index in [1.54, 1.807) is 6.92 Å². The van der Waals surface area contributed by atoms with Gasteiger partial charge in [0, 0.05) is 18.9 Å². The van der Waals surface area contributed by atoms with Crippen molar-refractivity contribution in [3.05, 3.63) is 87.4 Å². The maximum atomic E-state index is 14.6. The predicted octanol–water partition coefficient (Wildman–Crippen LogP) is 5.06. The van der Waals surface area contributed by atoms with E-state index in [0.29, 0.717) is 11.6 Å². The molecular weight excluding hydrogens is 528 g/mol. The van der Waals surface area contributed by atoms with E-state index in [4.69, 9.17) is 21.1 Å². The number of sulfonamides is 1. The summed E-state index contributed by atoms with van der Waals surface area (Å²) in [6, 6.07) is 7.18. The molecule has 192 valence electrons. The van der Waals surface area contributed by atoms with Crippen LogP contribution in [-0.4, -0.2) is 33.4 Å². The number of carbonyl (C=O) groups excluding carboxylic acids is 1. The van der Waals surface area contributed by atoms with Gasteiger partial charge in [-0.3, -0.25) is 9.78 Å². The van der Waals surface area contributed by atoms with Crippen molar-refractivity contribution in [2.75, 3.05) is 14.2 Å². The van der Waals surface area contributed by atoms with Crippen molar-refractivity contribution in [1.82, 2.24) is 9.71 Å². The largest absolute Gasteiger partial charge is 0.496 e. The van der Waals surface area contributed by atoms with Gasteiger partial charge in [-0.15, -0.1) is 0 Å². The van der Waals surface area contributed by atoms with Crippen LogP contribution in [0.4, 0.5) is 17.6 Å². The maximum absolute atomic E-state index is 14.6. The van der Waals surface area contributed by atoms with Gasteiger partial charge in [0.15, 0.2) is 0 Å². The molecule has 0 saturated heterocycles. The first kappa shape index (κ1) is 27.5. The van der Waals surface area contributed by atoms with Crippen molar-refractivity contribution < 1.29 is 40.2 Å². The number of rotatable bonds is 8. The summed E-state index contributed by atoms with van der Waals surface area (Å²) in [6.07, 6.45) is -5.17. The molecule has 0 aliphatic rings. The van der Waals surface area contributed by atoms with Crippen molar-refractivity contribution in [2.24, 2.45) is 0 Å². The molecule has 3 aromatic rings. The van der Waals surface area contributed by atoms with Gasteiger partial charge in [0.05, 0.1) is 22.6 Å². The maximum Gasteiger partial charge on any atom is 0.417 e. The average molecular weight is 547 g/mol. The Kier molecular flexibility index (Phi) is 8.04. The number of ketones is 1. The minimum absolute atomic E-state index is 0.0799. The quantitative estimate of drug-likeness (QED) is 0.241. The van der Waals surface area contributed by atoms with E-state index in [9.17, 15) is 30.8 Å². The number of aromatic nitrogens is 1. The first-order valence-corrected chi connectivity index (χ1v) is 11.9. The summed E-state index contributed by atoms with van der Waals surface area (Å²) in [4.78, 5) is 16.6. The molecule has 2 aromatic carbocycles. The van der Waals surface area contributed by atoms with Crippen molar-refractivity contribution in [3.8, 4) is 5.75 Å². The SMILES string of the molecule is COc1cccc(F)c1C(=O)c1ncc(C)cc1C(NS(=O)(=O)c1ccc(Cl)c(C(F)(F)F)c1)OC. The topological polar surface area (TPSA) is 94.6 Å². The van der Waals surface area contributed by atoms with Crippen molar-refractivity contribution >= 4 is 27.4 Å². The molecule has 1 unspecified atom stereocenters. The number of alkyl halides is 3. The van der Waals surface area contributed by atoms with E-state index >= 15 is 0 Å². The molecule has 1 N–H and O–H groups in total. The molecule has 1 atom stereocenters. The minimum atomic E-state index is -4.90. The lowest BCUT2D eigenvalue weighted by molar-refractivity contribution is -0.137. The molecule has 36 heavy (non-hydrogen) atoms. The molecule has 0 saturated carbocycles. The van der Waals surface area contributed by atoms with Crippen LogP contribution in [0.3, 0.4) is 0 Å². The van der Waals surface area contributed by atoms with Gasteiger partial charge in [-0.25, -0.2) is 12.8 Å². The number of pyridine rings is 1. The molecule has 1 aromatic heterocycles. The summed E-state index contributed by atoms with van der Waals surface area (Å²) < 4.78 is 92.6. The van der Waals surface area contributed by atoms with Crippen LogP contribution in [0.2, 0.25) is 5.02 Å². The van der Waals surface area contributed by atoms with Gasteiger partial charge in [-0.05, 0) is 48.9 Å². The standard InChI is InChI=1S/C23H19ClF4N2O5S/c1-12-9-14(20(29-11-12)21(31)19-17(25)5-4-6-18(19)34-2)22(35-3)30-36(32,33)13-7-8-16(24)15(10-13)23(26,27)28/h4-11,22,30H,1-3H3. The number of nitrogens with zero attached hydrogens (tertiary/aromatic N) is 1. The highest BCUT2D eigenvalue weighted by Gasteiger charge is 2.35. The van der Waals surface area contributed by atoms with Gasteiger partial charge in [0.2, 0.25) is 15.8 Å². The molecule has 0 bridgehead atoms. The molecule has 13 heteroatoms. The lowest BCUT2D eigenvalue weighted by Crippen LogP contribution is -2.31. The van der Waals surface area contributed by atoms with Crippen molar-refractivity contribution in [3.63, 3.8) is 0 Å². The molecule has 3 rings (SSSR count). The van der Waals surface area contributed by atoms with Crippen LogP contribution in [0.1, 0.15) is 39.0 Å². The molecule has 1 heterocycles. The third-order valence-electron chi connectivity index (χ3n) is 5.03. The second-order valence-electron chi connectivity index (χ2n) is 7.47. The lowest BCUT2D eigenvalue weighted by atomic mass is 10.0. The Morgan fingerprint density at radius 1 is 1.14 bits per heavy atom. The molecule has 0 radical (unpaired) electrons. The number of hydrogen-bond donors (Lipinski definition) is 1. The first-order chi connectivity index (χ1) is 16.8. The van der Waals surface area contributed by atoms with E-state index < -0.39 is 55.1 Å². The van der Waals surface area contributed by atoms with Gasteiger partial charge in [0.1, 0.15) is 29.1 Å². The Bertz CT molecular complexity index is 1410. The molecule has 0 amide bonds. The zero-order valence-electron chi connectivity index (χ0n) is 19.0. The van der Waals surface area contributed by atoms with E-state index in [-0.39, 0.29) is 17.0 Å². The van der Waals surface area contributed by atoms with Crippen LogP contribution >= 0.6 is 11.6 Å². The molecule has 7 nitrogen and oxygen atoms in total. The number of ether oxygens (including phenoxy) is 2. The van der Waals surface area contributed by atoms with Gasteiger partial charge < -0.3 is 9.47 Å². The number of benzene rings is 2. The number of hydrogen-bond acceptors (Lipinski definition) is 6. The molecule has 0 fully saturated rings. The first-order valence-electron chi connectivity index (χ1n) is 10.1. The second kappa shape index (κ2) is 10.5. The van der Waals surface area contributed by atoms with E-state index in [1.807, 2.05) is 0 Å². The molecule has 0 spiro atoms. The monoisotopic (exact) mass is 546 g/mol. The number of halogens is 5. The van der Waals surface area contributed by atoms with Crippen molar-refractivity contribution in [2.45, 2.75) is 24.2 Å². The average Bonchev–Trinajstić information content (AvgIpc) is 2.81. The molecule has 0 aliphatic heterocycles. The van der Waals surface area contributed by atoms with Crippen LogP contribution in [-0.2, 0) is 20.9 Å². The fraction of sp³-hybridized carbons (Fsp3) is 0.217. The summed E-state index contributed by atoms with van der Waals surface area (Å²) in [7, 11) is -2.29. The molecule has 0 aliphatic carbocycles. The minimum Gasteiger partial charge on any atom is -0.496 e. The van der Waals surface area contributed by atoms with Crippen LogP contribution < -0.4 is 9.46 Å². The number of methoxy groups -OCH3 is 2. The highest BCUT2D eigenvalue weighted by atomic mass is 35.5. The van der Waals surface area contributed by atoms with Crippen LogP contribution in [0, 0.1) is 12.7 Å². The Morgan fingerprint density at radius 2 is 1.83 bits per heavy atom. The van der Waals surface area contributed by atoms with Gasteiger partial charge >= 0.3 is 6.18 Å². The number of carbonyl (C=O) groups is 1. The van der Waals surface area contributed by atoms with Gasteiger partial charge in [-0.1, -0.05) is 17.7 Å². The zero-order chi connectivity index (χ0) is 26.8. The van der Waals surface area contributed by atoms with Gasteiger partial charge in [-0.2, -0.15) is 17.9 Å².